The van der Waals surface area contributed by atoms with Crippen molar-refractivity contribution in [2.45, 2.75) is 26.0 Å². The van der Waals surface area contributed by atoms with Gasteiger partial charge in [0, 0.05) is 12.6 Å². The predicted molar refractivity (Wildman–Crippen MR) is 71.5 cm³/mol. The van der Waals surface area contributed by atoms with E-state index >= 15 is 0 Å². The lowest BCUT2D eigenvalue weighted by Crippen LogP contribution is -2.18. The molecule has 1 fully saturated rings. The number of halogens is 1. The number of hydrogen-bond acceptors (Lipinski definition) is 4. The lowest BCUT2D eigenvalue weighted by atomic mass is 10.2. The molecule has 0 amide bonds. The summed E-state index contributed by atoms with van der Waals surface area (Å²) >= 11 is 0. The summed E-state index contributed by atoms with van der Waals surface area (Å²) in [4.78, 5) is 0. The Morgan fingerprint density at radius 2 is 2.21 bits per heavy atom. The van der Waals surface area contributed by atoms with Crippen molar-refractivity contribution in [3.63, 3.8) is 0 Å². The summed E-state index contributed by atoms with van der Waals surface area (Å²) in [6, 6.07) is 4.48. The second-order valence-corrected chi connectivity index (χ2v) is 6.95. The molecular weight excluding hydrogens is 269 g/mol. The van der Waals surface area contributed by atoms with E-state index in [1.807, 2.05) is 6.92 Å². The number of nitrogens with one attached hydrogen (secondary N) is 1. The van der Waals surface area contributed by atoms with Crippen LogP contribution in [0.4, 0.5) is 4.39 Å². The second-order valence-electron chi connectivity index (χ2n) is 4.72. The normalized spacial score (nSPS) is 21.5. The van der Waals surface area contributed by atoms with Gasteiger partial charge in [0.2, 0.25) is 0 Å². The molecule has 1 aromatic carbocycles. The average Bonchev–Trinajstić information content (AvgIpc) is 2.65. The van der Waals surface area contributed by atoms with Crippen LogP contribution in [0.15, 0.2) is 18.2 Å². The molecule has 0 bridgehead atoms. The van der Waals surface area contributed by atoms with Crippen molar-refractivity contribution < 1.29 is 17.5 Å². The minimum Gasteiger partial charge on any atom is -0.489 e. The summed E-state index contributed by atoms with van der Waals surface area (Å²) in [6.45, 7) is 3.33. The molecule has 0 aliphatic carbocycles. The van der Waals surface area contributed by atoms with Crippen LogP contribution in [-0.4, -0.2) is 32.6 Å². The molecule has 1 aliphatic heterocycles. The van der Waals surface area contributed by atoms with Crippen molar-refractivity contribution in [1.82, 2.24) is 5.32 Å². The van der Waals surface area contributed by atoms with Crippen molar-refractivity contribution in [1.29, 1.82) is 0 Å². The summed E-state index contributed by atoms with van der Waals surface area (Å²) < 4.78 is 41.7. The first kappa shape index (κ1) is 14.3. The highest BCUT2D eigenvalue weighted by Crippen LogP contribution is 2.22. The van der Waals surface area contributed by atoms with Crippen LogP contribution in [0.25, 0.3) is 0 Å². The van der Waals surface area contributed by atoms with E-state index in [1.165, 1.54) is 12.1 Å². The maximum absolute atomic E-state index is 13.5. The zero-order valence-electron chi connectivity index (χ0n) is 10.9. The van der Waals surface area contributed by atoms with Gasteiger partial charge in [-0.2, -0.15) is 0 Å². The molecule has 1 aromatic rings. The monoisotopic (exact) mass is 287 g/mol. The van der Waals surface area contributed by atoms with E-state index in [4.69, 9.17) is 4.74 Å². The van der Waals surface area contributed by atoms with Gasteiger partial charge < -0.3 is 10.1 Å². The van der Waals surface area contributed by atoms with E-state index in [2.05, 4.69) is 5.32 Å². The van der Waals surface area contributed by atoms with E-state index in [1.54, 1.807) is 6.07 Å². The maximum Gasteiger partial charge on any atom is 0.154 e. The Bertz CT molecular complexity index is 545. The fourth-order valence-corrected chi connectivity index (χ4v) is 3.70. The second kappa shape index (κ2) is 5.88. The first-order valence-electron chi connectivity index (χ1n) is 6.36. The Kier molecular flexibility index (Phi) is 4.42. The lowest BCUT2D eigenvalue weighted by Gasteiger charge is -2.13. The Morgan fingerprint density at radius 3 is 2.84 bits per heavy atom. The van der Waals surface area contributed by atoms with Gasteiger partial charge in [-0.15, -0.1) is 0 Å². The van der Waals surface area contributed by atoms with Crippen molar-refractivity contribution in [3.05, 3.63) is 29.6 Å². The topological polar surface area (TPSA) is 55.4 Å². The molecule has 1 heterocycles. The molecule has 0 radical (unpaired) electrons. The number of sulfone groups is 1. The largest absolute Gasteiger partial charge is 0.489 e. The van der Waals surface area contributed by atoms with Gasteiger partial charge in [0.05, 0.1) is 11.5 Å². The van der Waals surface area contributed by atoms with Gasteiger partial charge in [-0.25, -0.2) is 12.8 Å². The maximum atomic E-state index is 13.5. The van der Waals surface area contributed by atoms with Crippen molar-refractivity contribution in [2.75, 3.05) is 18.1 Å². The van der Waals surface area contributed by atoms with Crippen molar-refractivity contribution in [3.8, 4) is 5.75 Å². The van der Waals surface area contributed by atoms with Crippen LogP contribution < -0.4 is 10.1 Å². The first-order valence-corrected chi connectivity index (χ1v) is 8.18. The molecule has 6 heteroatoms. The van der Waals surface area contributed by atoms with Gasteiger partial charge in [-0.3, -0.25) is 0 Å². The molecule has 106 valence electrons. The molecule has 1 saturated heterocycles. The summed E-state index contributed by atoms with van der Waals surface area (Å²) in [5.41, 5.74) is 0.790. The fraction of sp³-hybridized carbons (Fsp3) is 0.538. The van der Waals surface area contributed by atoms with Crippen LogP contribution in [0, 0.1) is 5.82 Å². The highest BCUT2D eigenvalue weighted by atomic mass is 32.2. The van der Waals surface area contributed by atoms with Crippen LogP contribution in [0.2, 0.25) is 0 Å². The molecule has 1 N–H and O–H groups in total. The van der Waals surface area contributed by atoms with Gasteiger partial charge in [0.25, 0.3) is 0 Å². The van der Waals surface area contributed by atoms with Gasteiger partial charge in [-0.05, 0) is 30.7 Å². The van der Waals surface area contributed by atoms with Gasteiger partial charge in [0.15, 0.2) is 9.84 Å². The number of hydrogen-bond donors (Lipinski definition) is 1. The van der Waals surface area contributed by atoms with E-state index in [9.17, 15) is 12.8 Å². The van der Waals surface area contributed by atoms with E-state index in [-0.39, 0.29) is 23.4 Å². The van der Waals surface area contributed by atoms with Crippen molar-refractivity contribution in [2.24, 2.45) is 0 Å². The average molecular weight is 287 g/mol. The molecule has 0 spiro atoms. The molecule has 0 saturated carbocycles. The zero-order chi connectivity index (χ0) is 13.9. The van der Waals surface area contributed by atoms with Gasteiger partial charge >= 0.3 is 0 Å². The van der Waals surface area contributed by atoms with Crippen molar-refractivity contribution >= 4 is 9.84 Å². The quantitative estimate of drug-likeness (QED) is 0.891. The van der Waals surface area contributed by atoms with Gasteiger partial charge in [0.1, 0.15) is 17.7 Å². The Labute approximate surface area is 112 Å². The highest BCUT2D eigenvalue weighted by molar-refractivity contribution is 7.91. The lowest BCUT2D eigenvalue weighted by molar-refractivity contribution is 0.227. The molecule has 4 nitrogen and oxygen atoms in total. The molecule has 2 rings (SSSR count). The Balaban J connectivity index is 2.06. The number of benzene rings is 1. The van der Waals surface area contributed by atoms with Crippen LogP contribution in [0.3, 0.4) is 0 Å². The Morgan fingerprint density at radius 1 is 1.42 bits per heavy atom. The smallest absolute Gasteiger partial charge is 0.154 e. The molecule has 1 unspecified atom stereocenters. The summed E-state index contributed by atoms with van der Waals surface area (Å²) in [6.07, 6.45) is 0.111. The third-order valence-electron chi connectivity index (χ3n) is 3.00. The number of rotatable bonds is 5. The third kappa shape index (κ3) is 4.18. The summed E-state index contributed by atoms with van der Waals surface area (Å²) in [7, 11) is -2.98. The molecule has 19 heavy (non-hydrogen) atoms. The summed E-state index contributed by atoms with van der Waals surface area (Å²) in [5.74, 6) is 0.199. The van der Waals surface area contributed by atoms with E-state index in [0.717, 1.165) is 12.1 Å². The minimum absolute atomic E-state index is 0.0199. The zero-order valence-corrected chi connectivity index (χ0v) is 11.7. The predicted octanol–water partition coefficient (Wildman–Crippen LogP) is 1.50. The van der Waals surface area contributed by atoms with E-state index < -0.39 is 9.84 Å². The SMILES string of the molecule is CCNCc1cc(F)cc(OC2CCS(=O)(=O)C2)c1. The third-order valence-corrected chi connectivity index (χ3v) is 4.74. The van der Waals surface area contributed by atoms with Crippen LogP contribution in [0.5, 0.6) is 5.75 Å². The van der Waals surface area contributed by atoms with Crippen LogP contribution in [0.1, 0.15) is 18.9 Å². The first-order chi connectivity index (χ1) is 8.98. The Hall–Kier alpha value is -1.14. The number of ether oxygens (including phenoxy) is 1. The molecular formula is C13H18FNO3S. The fourth-order valence-electron chi connectivity index (χ4n) is 2.11. The molecule has 1 atom stereocenters. The summed E-state index contributed by atoms with van der Waals surface area (Å²) in [5, 5.41) is 3.11. The van der Waals surface area contributed by atoms with E-state index in [0.29, 0.717) is 18.7 Å². The van der Waals surface area contributed by atoms with Crippen LogP contribution in [-0.2, 0) is 16.4 Å². The molecule has 0 aromatic heterocycles. The van der Waals surface area contributed by atoms with Gasteiger partial charge in [-0.1, -0.05) is 6.92 Å². The molecule has 1 aliphatic rings. The minimum atomic E-state index is -2.98. The standard InChI is InChI=1S/C13H18FNO3S/c1-2-15-8-10-5-11(14)7-13(6-10)18-12-3-4-19(16,17)9-12/h5-7,12,15H,2-4,8-9H2,1H3. The van der Waals surface area contributed by atoms with Crippen LogP contribution >= 0.6 is 0 Å². The highest BCUT2D eigenvalue weighted by Gasteiger charge is 2.29.